The average Bonchev–Trinajstić information content (AvgIpc) is 2.93. The Balaban J connectivity index is 0.000000280. The molecule has 0 aliphatic carbocycles. The highest BCUT2D eigenvalue weighted by molar-refractivity contribution is 6.00. The Labute approximate surface area is 107 Å². The van der Waals surface area contributed by atoms with Crippen LogP contribution < -0.4 is 5.32 Å². The molecule has 4 nitrogen and oxygen atoms in total. The van der Waals surface area contributed by atoms with E-state index in [4.69, 9.17) is 5.11 Å². The molecule has 2 N–H and O–H groups in total. The first-order valence-electron chi connectivity index (χ1n) is 6.19. The van der Waals surface area contributed by atoms with Crippen molar-refractivity contribution in [2.75, 3.05) is 6.54 Å². The molecule has 1 atom stereocenters. The second kappa shape index (κ2) is 7.61. The zero-order valence-electron chi connectivity index (χ0n) is 10.6. The molecule has 1 aliphatic heterocycles. The first-order valence-corrected chi connectivity index (χ1v) is 6.19. The van der Waals surface area contributed by atoms with E-state index in [0.29, 0.717) is 0 Å². The van der Waals surface area contributed by atoms with Gasteiger partial charge in [-0.15, -0.1) is 0 Å². The van der Waals surface area contributed by atoms with Gasteiger partial charge in [0.15, 0.2) is 5.78 Å². The van der Waals surface area contributed by atoms with E-state index in [1.807, 2.05) is 30.3 Å². The van der Waals surface area contributed by atoms with Gasteiger partial charge in [0.2, 0.25) is 0 Å². The highest BCUT2D eigenvalue weighted by atomic mass is 16.4. The summed E-state index contributed by atoms with van der Waals surface area (Å²) in [5.74, 6) is -0.511. The fourth-order valence-electron chi connectivity index (χ4n) is 1.71. The van der Waals surface area contributed by atoms with Gasteiger partial charge in [0.25, 0.3) is 0 Å². The number of carboxylic acid groups (broad SMARTS) is 1. The van der Waals surface area contributed by atoms with E-state index >= 15 is 0 Å². The van der Waals surface area contributed by atoms with Crippen molar-refractivity contribution in [3.8, 4) is 0 Å². The van der Waals surface area contributed by atoms with Crippen LogP contribution in [0.25, 0.3) is 0 Å². The minimum Gasteiger partial charge on any atom is -0.481 e. The van der Waals surface area contributed by atoms with E-state index in [1.165, 1.54) is 0 Å². The lowest BCUT2D eigenvalue weighted by molar-refractivity contribution is -0.136. The summed E-state index contributed by atoms with van der Waals surface area (Å²) < 4.78 is 0. The van der Waals surface area contributed by atoms with Gasteiger partial charge in [-0.3, -0.25) is 9.59 Å². The van der Waals surface area contributed by atoms with Crippen molar-refractivity contribution >= 4 is 11.8 Å². The normalized spacial score (nSPS) is 17.7. The van der Waals surface area contributed by atoms with E-state index in [1.54, 1.807) is 6.92 Å². The summed E-state index contributed by atoms with van der Waals surface area (Å²) in [6.45, 7) is 2.57. The SMILES string of the molecule is CCC(=O)O.O=C(c1ccccc1)C1CCCN1. The first kappa shape index (κ1) is 14.4. The fraction of sp³-hybridized carbons (Fsp3) is 0.429. The highest BCUT2D eigenvalue weighted by Gasteiger charge is 2.22. The summed E-state index contributed by atoms with van der Waals surface area (Å²) >= 11 is 0. The Morgan fingerprint density at radius 1 is 1.33 bits per heavy atom. The van der Waals surface area contributed by atoms with Crippen LogP contribution in [0.2, 0.25) is 0 Å². The number of aliphatic carboxylic acids is 1. The van der Waals surface area contributed by atoms with Crippen LogP contribution in [0.4, 0.5) is 0 Å². The molecule has 1 fully saturated rings. The van der Waals surface area contributed by atoms with Crippen LogP contribution in [-0.4, -0.2) is 29.4 Å². The number of benzene rings is 1. The molecule has 1 unspecified atom stereocenters. The zero-order chi connectivity index (χ0) is 13.4. The van der Waals surface area contributed by atoms with Gasteiger partial charge in [0.05, 0.1) is 6.04 Å². The lowest BCUT2D eigenvalue weighted by atomic mass is 10.0. The van der Waals surface area contributed by atoms with Crippen LogP contribution in [0.1, 0.15) is 36.5 Å². The maximum atomic E-state index is 11.8. The van der Waals surface area contributed by atoms with Crippen molar-refractivity contribution in [2.24, 2.45) is 0 Å². The lowest BCUT2D eigenvalue weighted by Crippen LogP contribution is -2.30. The molecule has 1 aliphatic rings. The standard InChI is InChI=1S/C11H13NO.C3H6O2/c13-11(10-7-4-8-12-10)9-5-2-1-3-6-9;1-2-3(4)5/h1-3,5-6,10,12H,4,7-8H2;2H2,1H3,(H,4,5). The molecule has 1 heterocycles. The van der Waals surface area contributed by atoms with Crippen LogP contribution in [0.15, 0.2) is 30.3 Å². The number of carbonyl (C=O) groups is 2. The maximum Gasteiger partial charge on any atom is 0.303 e. The van der Waals surface area contributed by atoms with Crippen LogP contribution in [0.3, 0.4) is 0 Å². The number of hydrogen-bond acceptors (Lipinski definition) is 3. The average molecular weight is 249 g/mol. The second-order valence-corrected chi connectivity index (χ2v) is 4.13. The van der Waals surface area contributed by atoms with Crippen molar-refractivity contribution < 1.29 is 14.7 Å². The molecular formula is C14H19NO3. The molecule has 18 heavy (non-hydrogen) atoms. The van der Waals surface area contributed by atoms with E-state index < -0.39 is 5.97 Å². The highest BCUT2D eigenvalue weighted by Crippen LogP contribution is 2.11. The first-order chi connectivity index (χ1) is 8.65. The summed E-state index contributed by atoms with van der Waals surface area (Å²) in [7, 11) is 0. The van der Waals surface area contributed by atoms with E-state index in [0.717, 1.165) is 24.9 Å². The van der Waals surface area contributed by atoms with Gasteiger partial charge in [-0.05, 0) is 19.4 Å². The molecule has 1 saturated heterocycles. The minimum atomic E-state index is -0.745. The fourth-order valence-corrected chi connectivity index (χ4v) is 1.71. The summed E-state index contributed by atoms with van der Waals surface area (Å²) in [5, 5.41) is 10.9. The van der Waals surface area contributed by atoms with Gasteiger partial charge < -0.3 is 10.4 Å². The quantitative estimate of drug-likeness (QED) is 0.805. The minimum absolute atomic E-state index is 0.0578. The molecule has 0 spiro atoms. The number of ketones is 1. The lowest BCUT2D eigenvalue weighted by Gasteiger charge is -2.07. The Bertz CT molecular complexity index is 383. The van der Waals surface area contributed by atoms with Gasteiger partial charge in [-0.1, -0.05) is 37.3 Å². The molecule has 2 rings (SSSR count). The van der Waals surface area contributed by atoms with Crippen molar-refractivity contribution in [3.05, 3.63) is 35.9 Å². The molecule has 0 bridgehead atoms. The van der Waals surface area contributed by atoms with Crippen LogP contribution in [0.5, 0.6) is 0 Å². The van der Waals surface area contributed by atoms with Crippen LogP contribution in [0, 0.1) is 0 Å². The topological polar surface area (TPSA) is 66.4 Å². The van der Waals surface area contributed by atoms with Crippen molar-refractivity contribution in [1.29, 1.82) is 0 Å². The van der Waals surface area contributed by atoms with Gasteiger partial charge >= 0.3 is 5.97 Å². The molecule has 1 aromatic rings. The number of Topliss-reactive ketones (excluding diaryl/α,β-unsaturated/α-hetero) is 1. The third kappa shape index (κ3) is 4.67. The third-order valence-corrected chi connectivity index (χ3v) is 2.74. The Morgan fingerprint density at radius 2 is 1.94 bits per heavy atom. The zero-order valence-corrected chi connectivity index (χ0v) is 10.6. The van der Waals surface area contributed by atoms with Crippen molar-refractivity contribution in [1.82, 2.24) is 5.32 Å². The summed E-state index contributed by atoms with van der Waals surface area (Å²) in [6, 6.07) is 9.55. The molecule has 0 radical (unpaired) electrons. The van der Waals surface area contributed by atoms with Gasteiger partial charge in [0, 0.05) is 12.0 Å². The molecule has 0 amide bonds. The van der Waals surface area contributed by atoms with Gasteiger partial charge in [-0.2, -0.15) is 0 Å². The van der Waals surface area contributed by atoms with Crippen molar-refractivity contribution in [3.63, 3.8) is 0 Å². The summed E-state index contributed by atoms with van der Waals surface area (Å²) in [5.41, 5.74) is 0.821. The molecule has 0 saturated carbocycles. The largest absolute Gasteiger partial charge is 0.481 e. The number of hydrogen-bond donors (Lipinski definition) is 2. The Kier molecular flexibility index (Phi) is 6.08. The number of rotatable bonds is 3. The predicted octanol–water partition coefficient (Wildman–Crippen LogP) is 2.10. The molecule has 98 valence electrons. The van der Waals surface area contributed by atoms with Crippen molar-refractivity contribution in [2.45, 2.75) is 32.2 Å². The molecule has 1 aromatic carbocycles. The maximum absolute atomic E-state index is 11.8. The monoisotopic (exact) mass is 249 g/mol. The van der Waals surface area contributed by atoms with E-state index in [-0.39, 0.29) is 18.2 Å². The number of carbonyl (C=O) groups excluding carboxylic acids is 1. The molecule has 0 aromatic heterocycles. The van der Waals surface area contributed by atoms with E-state index in [9.17, 15) is 9.59 Å². The van der Waals surface area contributed by atoms with Crippen LogP contribution in [-0.2, 0) is 4.79 Å². The Morgan fingerprint density at radius 3 is 2.39 bits per heavy atom. The third-order valence-electron chi connectivity index (χ3n) is 2.74. The molecular weight excluding hydrogens is 230 g/mol. The second-order valence-electron chi connectivity index (χ2n) is 4.13. The summed E-state index contributed by atoms with van der Waals surface area (Å²) in [6.07, 6.45) is 2.32. The summed E-state index contributed by atoms with van der Waals surface area (Å²) in [4.78, 5) is 21.2. The number of carboxylic acids is 1. The van der Waals surface area contributed by atoms with Crippen LogP contribution >= 0.6 is 0 Å². The smallest absolute Gasteiger partial charge is 0.303 e. The van der Waals surface area contributed by atoms with E-state index in [2.05, 4.69) is 5.32 Å². The van der Waals surface area contributed by atoms with Gasteiger partial charge in [0.1, 0.15) is 0 Å². The van der Waals surface area contributed by atoms with Gasteiger partial charge in [-0.25, -0.2) is 0 Å². The predicted molar refractivity (Wildman–Crippen MR) is 69.7 cm³/mol. The number of nitrogens with one attached hydrogen (secondary N) is 1. The molecule has 4 heteroatoms. The Hall–Kier alpha value is -1.68.